The first-order valence-electron chi connectivity index (χ1n) is 6.29. The van der Waals surface area contributed by atoms with Gasteiger partial charge in [0.2, 0.25) is 0 Å². The van der Waals surface area contributed by atoms with Gasteiger partial charge in [-0.15, -0.1) is 0 Å². The van der Waals surface area contributed by atoms with Crippen molar-refractivity contribution in [3.63, 3.8) is 0 Å². The standard InChI is InChI=1S/C15H14FN3O2/c1-20-13-6-11-12(7-14(13)21-2)19-15(18-11)9-4-3-8(16)5-10(9)17/h3-7H,17H2,1-2H3,(H,18,19). The Hall–Kier alpha value is -2.76. The van der Waals surface area contributed by atoms with Crippen molar-refractivity contribution >= 4 is 16.7 Å². The van der Waals surface area contributed by atoms with E-state index >= 15 is 0 Å². The number of aromatic nitrogens is 2. The van der Waals surface area contributed by atoms with Gasteiger partial charge in [-0.1, -0.05) is 0 Å². The minimum Gasteiger partial charge on any atom is -0.493 e. The number of aromatic amines is 1. The van der Waals surface area contributed by atoms with Gasteiger partial charge in [0.25, 0.3) is 0 Å². The molecule has 6 heteroatoms. The Labute approximate surface area is 120 Å². The molecule has 1 aromatic heterocycles. The molecule has 0 amide bonds. The lowest BCUT2D eigenvalue weighted by Gasteiger charge is -2.06. The predicted molar refractivity (Wildman–Crippen MR) is 79.0 cm³/mol. The fourth-order valence-electron chi connectivity index (χ4n) is 2.21. The molecule has 21 heavy (non-hydrogen) atoms. The number of imidazole rings is 1. The molecule has 0 aliphatic rings. The number of H-pyrrole nitrogens is 1. The number of anilines is 1. The van der Waals surface area contributed by atoms with Gasteiger partial charge in [0.05, 0.1) is 25.3 Å². The summed E-state index contributed by atoms with van der Waals surface area (Å²) in [5.41, 5.74) is 8.31. The fourth-order valence-corrected chi connectivity index (χ4v) is 2.21. The molecule has 0 fully saturated rings. The van der Waals surface area contributed by atoms with E-state index in [1.54, 1.807) is 32.4 Å². The van der Waals surface area contributed by atoms with E-state index in [-0.39, 0.29) is 5.82 Å². The Morgan fingerprint density at radius 3 is 2.48 bits per heavy atom. The number of nitrogens with zero attached hydrogens (tertiary/aromatic N) is 1. The zero-order valence-electron chi connectivity index (χ0n) is 11.6. The number of benzene rings is 2. The summed E-state index contributed by atoms with van der Waals surface area (Å²) in [6.07, 6.45) is 0. The summed E-state index contributed by atoms with van der Waals surface area (Å²) in [6, 6.07) is 7.78. The molecule has 3 aromatic rings. The van der Waals surface area contributed by atoms with Crippen molar-refractivity contribution in [1.29, 1.82) is 0 Å². The second-order valence-corrected chi connectivity index (χ2v) is 4.54. The third-order valence-corrected chi connectivity index (χ3v) is 3.26. The minimum absolute atomic E-state index is 0.327. The van der Waals surface area contributed by atoms with Crippen molar-refractivity contribution < 1.29 is 13.9 Å². The van der Waals surface area contributed by atoms with Gasteiger partial charge < -0.3 is 20.2 Å². The summed E-state index contributed by atoms with van der Waals surface area (Å²) in [4.78, 5) is 7.61. The van der Waals surface area contributed by atoms with E-state index in [0.717, 1.165) is 5.52 Å². The van der Waals surface area contributed by atoms with Gasteiger partial charge in [-0.2, -0.15) is 0 Å². The van der Waals surface area contributed by atoms with E-state index in [4.69, 9.17) is 15.2 Å². The van der Waals surface area contributed by atoms with Crippen LogP contribution in [0.15, 0.2) is 30.3 Å². The zero-order chi connectivity index (χ0) is 15.0. The molecule has 0 saturated heterocycles. The number of nitrogen functional groups attached to an aromatic ring is 1. The summed E-state index contributed by atoms with van der Waals surface area (Å²) in [7, 11) is 3.13. The van der Waals surface area contributed by atoms with Crippen LogP contribution >= 0.6 is 0 Å². The maximum absolute atomic E-state index is 13.1. The summed E-state index contributed by atoms with van der Waals surface area (Å²) in [6.45, 7) is 0. The molecule has 0 aliphatic carbocycles. The molecule has 3 N–H and O–H groups in total. The van der Waals surface area contributed by atoms with Gasteiger partial charge in [0.1, 0.15) is 11.6 Å². The molecule has 0 unspecified atom stereocenters. The molecule has 108 valence electrons. The maximum atomic E-state index is 13.1. The van der Waals surface area contributed by atoms with Gasteiger partial charge in [0, 0.05) is 23.4 Å². The van der Waals surface area contributed by atoms with Crippen LogP contribution in [0.2, 0.25) is 0 Å². The molecule has 1 heterocycles. The monoisotopic (exact) mass is 287 g/mol. The first-order valence-corrected chi connectivity index (χ1v) is 6.29. The first-order chi connectivity index (χ1) is 10.1. The molecule has 0 radical (unpaired) electrons. The van der Waals surface area contributed by atoms with Crippen molar-refractivity contribution in [1.82, 2.24) is 9.97 Å². The topological polar surface area (TPSA) is 73.2 Å². The van der Waals surface area contributed by atoms with Crippen molar-refractivity contribution in [3.8, 4) is 22.9 Å². The maximum Gasteiger partial charge on any atom is 0.163 e. The van der Waals surface area contributed by atoms with E-state index < -0.39 is 0 Å². The number of ether oxygens (including phenoxy) is 2. The van der Waals surface area contributed by atoms with Crippen LogP contribution in [0.3, 0.4) is 0 Å². The van der Waals surface area contributed by atoms with E-state index in [9.17, 15) is 4.39 Å². The molecule has 0 aliphatic heterocycles. The highest BCUT2D eigenvalue weighted by Crippen LogP contribution is 2.33. The third kappa shape index (κ3) is 2.24. The lowest BCUT2D eigenvalue weighted by atomic mass is 10.1. The SMILES string of the molecule is COc1cc2nc(-c3ccc(F)cc3N)[nH]c2cc1OC. The zero-order valence-corrected chi connectivity index (χ0v) is 11.6. The van der Waals surface area contributed by atoms with Gasteiger partial charge >= 0.3 is 0 Å². The first kappa shape index (κ1) is 13.2. The highest BCUT2D eigenvalue weighted by Gasteiger charge is 2.12. The molecule has 5 nitrogen and oxygen atoms in total. The van der Waals surface area contributed by atoms with Crippen LogP contribution < -0.4 is 15.2 Å². The van der Waals surface area contributed by atoms with Gasteiger partial charge in [0.15, 0.2) is 11.5 Å². The Balaban J connectivity index is 2.16. The summed E-state index contributed by atoms with van der Waals surface area (Å²) in [5.74, 6) is 1.39. The number of nitrogens with two attached hydrogens (primary N) is 1. The quantitative estimate of drug-likeness (QED) is 0.726. The highest BCUT2D eigenvalue weighted by atomic mass is 19.1. The number of hydrogen-bond donors (Lipinski definition) is 2. The van der Waals surface area contributed by atoms with Gasteiger partial charge in [-0.05, 0) is 18.2 Å². The number of rotatable bonds is 3. The second kappa shape index (κ2) is 4.97. The Morgan fingerprint density at radius 2 is 1.81 bits per heavy atom. The largest absolute Gasteiger partial charge is 0.493 e. The smallest absolute Gasteiger partial charge is 0.163 e. The number of nitrogens with one attached hydrogen (secondary N) is 1. The Kier molecular flexibility index (Phi) is 3.13. The molecule has 0 spiro atoms. The summed E-state index contributed by atoms with van der Waals surface area (Å²) >= 11 is 0. The second-order valence-electron chi connectivity index (χ2n) is 4.54. The molecule has 0 saturated carbocycles. The van der Waals surface area contributed by atoms with Crippen LogP contribution in [0.1, 0.15) is 0 Å². The molecular formula is C15H14FN3O2. The van der Waals surface area contributed by atoms with E-state index in [1.807, 2.05) is 0 Å². The van der Waals surface area contributed by atoms with Gasteiger partial charge in [-0.25, -0.2) is 9.37 Å². The van der Waals surface area contributed by atoms with Crippen molar-refractivity contribution in [2.45, 2.75) is 0 Å². The highest BCUT2D eigenvalue weighted by molar-refractivity contribution is 5.85. The Bertz CT molecular complexity index is 773. The number of fused-ring (bicyclic) bond motifs is 1. The van der Waals surface area contributed by atoms with Crippen LogP contribution in [0.25, 0.3) is 22.4 Å². The molecule has 0 atom stereocenters. The lowest BCUT2D eigenvalue weighted by molar-refractivity contribution is 0.356. The van der Waals surface area contributed by atoms with E-state index in [2.05, 4.69) is 9.97 Å². The average Bonchev–Trinajstić information content (AvgIpc) is 2.87. The molecule has 0 bridgehead atoms. The van der Waals surface area contributed by atoms with E-state index in [1.165, 1.54) is 12.1 Å². The third-order valence-electron chi connectivity index (χ3n) is 3.26. The van der Waals surface area contributed by atoms with Crippen molar-refractivity contribution in [2.24, 2.45) is 0 Å². The van der Waals surface area contributed by atoms with Crippen molar-refractivity contribution in [3.05, 3.63) is 36.1 Å². The fraction of sp³-hybridized carbons (Fsp3) is 0.133. The van der Waals surface area contributed by atoms with Crippen LogP contribution in [-0.2, 0) is 0 Å². The van der Waals surface area contributed by atoms with E-state index in [0.29, 0.717) is 34.1 Å². The summed E-state index contributed by atoms with van der Waals surface area (Å²) < 4.78 is 23.6. The van der Waals surface area contributed by atoms with Crippen molar-refractivity contribution in [2.75, 3.05) is 20.0 Å². The minimum atomic E-state index is -0.379. The molecule has 2 aromatic carbocycles. The van der Waals surface area contributed by atoms with Crippen LogP contribution in [0, 0.1) is 5.82 Å². The normalized spacial score (nSPS) is 10.8. The molecular weight excluding hydrogens is 273 g/mol. The van der Waals surface area contributed by atoms with Crippen LogP contribution in [0.5, 0.6) is 11.5 Å². The lowest BCUT2D eigenvalue weighted by Crippen LogP contribution is -1.92. The summed E-state index contributed by atoms with van der Waals surface area (Å²) in [5, 5.41) is 0. The number of methoxy groups -OCH3 is 2. The molecule has 3 rings (SSSR count). The predicted octanol–water partition coefficient (Wildman–Crippen LogP) is 2.97. The van der Waals surface area contributed by atoms with Crippen LogP contribution in [0.4, 0.5) is 10.1 Å². The number of halogens is 1. The number of hydrogen-bond acceptors (Lipinski definition) is 4. The van der Waals surface area contributed by atoms with Crippen LogP contribution in [-0.4, -0.2) is 24.2 Å². The van der Waals surface area contributed by atoms with Gasteiger partial charge in [-0.3, -0.25) is 0 Å². The average molecular weight is 287 g/mol. The Morgan fingerprint density at radius 1 is 1.10 bits per heavy atom.